The summed E-state index contributed by atoms with van der Waals surface area (Å²) >= 11 is 0. The third-order valence-corrected chi connectivity index (χ3v) is 4.40. The van der Waals surface area contributed by atoms with Crippen molar-refractivity contribution in [2.45, 2.75) is 32.4 Å². The number of ether oxygens (including phenoxy) is 1. The van der Waals surface area contributed by atoms with Gasteiger partial charge in [0.05, 0.1) is 6.61 Å². The first-order chi connectivity index (χ1) is 9.76. The molecule has 2 atom stereocenters. The first kappa shape index (κ1) is 15.4. The van der Waals surface area contributed by atoms with E-state index in [1.807, 2.05) is 18.5 Å². The van der Waals surface area contributed by atoms with Crippen molar-refractivity contribution in [2.24, 2.45) is 0 Å². The third kappa shape index (κ3) is 3.78. The van der Waals surface area contributed by atoms with Gasteiger partial charge >= 0.3 is 0 Å². The minimum Gasteiger partial charge on any atom is -0.383 e. The van der Waals surface area contributed by atoms with Gasteiger partial charge in [0, 0.05) is 57.8 Å². The number of hydrogen-bond donors (Lipinski definition) is 0. The number of pyridine rings is 1. The minimum absolute atomic E-state index is 0.447. The van der Waals surface area contributed by atoms with Crippen LogP contribution in [0.2, 0.25) is 0 Å². The zero-order valence-corrected chi connectivity index (χ0v) is 13.0. The number of rotatable bonds is 6. The zero-order chi connectivity index (χ0) is 14.4. The molecule has 1 aromatic heterocycles. The number of piperazine rings is 1. The maximum absolute atomic E-state index is 5.22. The lowest BCUT2D eigenvalue weighted by Crippen LogP contribution is -2.54. The van der Waals surface area contributed by atoms with Gasteiger partial charge in [0.25, 0.3) is 0 Å². The molecular weight excluding hydrogens is 250 g/mol. The van der Waals surface area contributed by atoms with Gasteiger partial charge in [-0.1, -0.05) is 13.0 Å². The van der Waals surface area contributed by atoms with Gasteiger partial charge in [-0.15, -0.1) is 0 Å². The fourth-order valence-electron chi connectivity index (χ4n) is 2.99. The highest BCUT2D eigenvalue weighted by atomic mass is 16.5. The highest BCUT2D eigenvalue weighted by Crippen LogP contribution is 2.23. The second-order valence-electron chi connectivity index (χ2n) is 5.55. The van der Waals surface area contributed by atoms with E-state index in [0.29, 0.717) is 12.1 Å². The van der Waals surface area contributed by atoms with Crippen LogP contribution in [-0.2, 0) is 4.74 Å². The number of hydrogen-bond acceptors (Lipinski definition) is 4. The average molecular weight is 277 g/mol. The summed E-state index contributed by atoms with van der Waals surface area (Å²) in [5.74, 6) is 0. The quantitative estimate of drug-likeness (QED) is 0.797. The maximum atomic E-state index is 5.22. The second-order valence-corrected chi connectivity index (χ2v) is 5.55. The van der Waals surface area contributed by atoms with Gasteiger partial charge in [0.15, 0.2) is 0 Å². The molecule has 1 aliphatic heterocycles. The van der Waals surface area contributed by atoms with E-state index < -0.39 is 0 Å². The summed E-state index contributed by atoms with van der Waals surface area (Å²) in [6.45, 7) is 9.83. The topological polar surface area (TPSA) is 28.6 Å². The molecule has 1 fully saturated rings. The Morgan fingerprint density at radius 2 is 2.30 bits per heavy atom. The second kappa shape index (κ2) is 7.72. The molecule has 4 nitrogen and oxygen atoms in total. The monoisotopic (exact) mass is 277 g/mol. The van der Waals surface area contributed by atoms with Crippen LogP contribution >= 0.6 is 0 Å². The van der Waals surface area contributed by atoms with E-state index >= 15 is 0 Å². The fourth-order valence-corrected chi connectivity index (χ4v) is 2.99. The van der Waals surface area contributed by atoms with Crippen LogP contribution in [0.3, 0.4) is 0 Å². The summed E-state index contributed by atoms with van der Waals surface area (Å²) in [6, 6.07) is 5.29. The van der Waals surface area contributed by atoms with Crippen LogP contribution in [0.15, 0.2) is 24.5 Å². The van der Waals surface area contributed by atoms with Crippen LogP contribution in [0.25, 0.3) is 0 Å². The number of methoxy groups -OCH3 is 1. The molecule has 0 aromatic carbocycles. The predicted molar refractivity (Wildman–Crippen MR) is 81.8 cm³/mol. The largest absolute Gasteiger partial charge is 0.383 e. The average Bonchev–Trinajstić information content (AvgIpc) is 2.52. The SMILES string of the molecule is CC[C@@H]1CN([C@@H](C)c2cccnc2)CCN1CCOC. The molecule has 0 unspecified atom stereocenters. The van der Waals surface area contributed by atoms with Gasteiger partial charge in [0.1, 0.15) is 0 Å². The van der Waals surface area contributed by atoms with Gasteiger partial charge in [-0.2, -0.15) is 0 Å². The van der Waals surface area contributed by atoms with E-state index in [1.54, 1.807) is 7.11 Å². The summed E-state index contributed by atoms with van der Waals surface area (Å²) < 4.78 is 5.22. The molecule has 0 aliphatic carbocycles. The molecule has 0 N–H and O–H groups in total. The van der Waals surface area contributed by atoms with Gasteiger partial charge in [-0.05, 0) is 25.0 Å². The Labute approximate surface area is 122 Å². The molecule has 0 bridgehead atoms. The molecule has 20 heavy (non-hydrogen) atoms. The van der Waals surface area contributed by atoms with E-state index in [4.69, 9.17) is 4.74 Å². The Kier molecular flexibility index (Phi) is 5.95. The van der Waals surface area contributed by atoms with Crippen LogP contribution < -0.4 is 0 Å². The standard InChI is InChI=1S/C16H27N3O/c1-4-16-13-19(9-8-18(16)10-11-20-3)14(2)15-6-5-7-17-12-15/h5-7,12,14,16H,4,8-11,13H2,1-3H3/t14-,16+/m0/s1. The lowest BCUT2D eigenvalue weighted by molar-refractivity contribution is 0.0332. The Hall–Kier alpha value is -0.970. The van der Waals surface area contributed by atoms with Crippen LogP contribution in [0.5, 0.6) is 0 Å². The van der Waals surface area contributed by atoms with E-state index in [-0.39, 0.29) is 0 Å². The molecule has 0 amide bonds. The predicted octanol–water partition coefficient (Wildman–Crippen LogP) is 2.19. The summed E-state index contributed by atoms with van der Waals surface area (Å²) in [7, 11) is 1.78. The molecule has 2 heterocycles. The summed E-state index contributed by atoms with van der Waals surface area (Å²) in [5.41, 5.74) is 1.31. The van der Waals surface area contributed by atoms with E-state index in [9.17, 15) is 0 Å². The molecule has 112 valence electrons. The summed E-state index contributed by atoms with van der Waals surface area (Å²) in [4.78, 5) is 9.38. The van der Waals surface area contributed by atoms with E-state index in [1.165, 1.54) is 12.0 Å². The maximum Gasteiger partial charge on any atom is 0.0589 e. The molecule has 4 heteroatoms. The Bertz CT molecular complexity index is 385. The molecule has 0 radical (unpaired) electrons. The molecule has 1 aromatic rings. The molecular formula is C16H27N3O. The van der Waals surface area contributed by atoms with E-state index in [2.05, 4.69) is 34.7 Å². The first-order valence-electron chi connectivity index (χ1n) is 7.63. The van der Waals surface area contributed by atoms with Gasteiger partial charge in [-0.25, -0.2) is 0 Å². The molecule has 1 aliphatic rings. The lowest BCUT2D eigenvalue weighted by Gasteiger charge is -2.43. The van der Waals surface area contributed by atoms with Crippen molar-refractivity contribution < 1.29 is 4.74 Å². The van der Waals surface area contributed by atoms with Crippen molar-refractivity contribution in [3.8, 4) is 0 Å². The highest BCUT2D eigenvalue weighted by molar-refractivity contribution is 5.13. The fraction of sp³-hybridized carbons (Fsp3) is 0.688. The van der Waals surface area contributed by atoms with Crippen LogP contribution in [0, 0.1) is 0 Å². The Morgan fingerprint density at radius 3 is 2.95 bits per heavy atom. The smallest absolute Gasteiger partial charge is 0.0589 e. The van der Waals surface area contributed by atoms with Crippen molar-refractivity contribution in [2.75, 3.05) is 39.9 Å². The lowest BCUT2D eigenvalue weighted by atomic mass is 10.0. The molecule has 2 rings (SSSR count). The highest BCUT2D eigenvalue weighted by Gasteiger charge is 2.28. The number of aromatic nitrogens is 1. The van der Waals surface area contributed by atoms with Crippen molar-refractivity contribution in [1.29, 1.82) is 0 Å². The molecule has 0 saturated carbocycles. The van der Waals surface area contributed by atoms with Gasteiger partial charge in [0.2, 0.25) is 0 Å². The van der Waals surface area contributed by atoms with Crippen LogP contribution in [-0.4, -0.2) is 60.7 Å². The zero-order valence-electron chi connectivity index (χ0n) is 13.0. The Balaban J connectivity index is 1.95. The van der Waals surface area contributed by atoms with Crippen molar-refractivity contribution in [3.63, 3.8) is 0 Å². The summed E-state index contributed by atoms with van der Waals surface area (Å²) in [6.07, 6.45) is 5.02. The third-order valence-electron chi connectivity index (χ3n) is 4.40. The molecule has 1 saturated heterocycles. The van der Waals surface area contributed by atoms with Crippen molar-refractivity contribution in [1.82, 2.24) is 14.8 Å². The van der Waals surface area contributed by atoms with Crippen molar-refractivity contribution in [3.05, 3.63) is 30.1 Å². The summed E-state index contributed by atoms with van der Waals surface area (Å²) in [5, 5.41) is 0. The molecule has 0 spiro atoms. The van der Waals surface area contributed by atoms with Gasteiger partial charge in [-0.3, -0.25) is 14.8 Å². The first-order valence-corrected chi connectivity index (χ1v) is 7.63. The Morgan fingerprint density at radius 1 is 1.45 bits per heavy atom. The van der Waals surface area contributed by atoms with Crippen LogP contribution in [0.4, 0.5) is 0 Å². The van der Waals surface area contributed by atoms with Crippen LogP contribution in [0.1, 0.15) is 31.9 Å². The van der Waals surface area contributed by atoms with E-state index in [0.717, 1.165) is 32.8 Å². The van der Waals surface area contributed by atoms with Crippen molar-refractivity contribution >= 4 is 0 Å². The van der Waals surface area contributed by atoms with Gasteiger partial charge < -0.3 is 4.74 Å². The number of nitrogens with zero attached hydrogens (tertiary/aromatic N) is 3. The normalized spacial score (nSPS) is 22.9. The minimum atomic E-state index is 0.447.